The maximum atomic E-state index is 11.4. The molecule has 0 radical (unpaired) electrons. The number of rotatable bonds is 2. The SMILES string of the molecule is COc1ccc(C)c2c(C=O)c3n(c12)CCNC3. The second-order valence-corrected chi connectivity index (χ2v) is 4.61. The lowest BCUT2D eigenvalue weighted by atomic mass is 10.1. The fourth-order valence-corrected chi connectivity index (χ4v) is 2.83. The van der Waals surface area contributed by atoms with Gasteiger partial charge in [-0.25, -0.2) is 0 Å². The van der Waals surface area contributed by atoms with Crippen LogP contribution in [0.4, 0.5) is 0 Å². The van der Waals surface area contributed by atoms with Crippen LogP contribution in [0.3, 0.4) is 0 Å². The number of fused-ring (bicyclic) bond motifs is 3. The molecule has 0 saturated heterocycles. The molecule has 0 atom stereocenters. The number of aryl methyl sites for hydroxylation is 1. The normalized spacial score (nSPS) is 14.6. The third kappa shape index (κ3) is 1.39. The summed E-state index contributed by atoms with van der Waals surface area (Å²) in [6, 6.07) is 3.98. The molecule has 1 aliphatic rings. The van der Waals surface area contributed by atoms with Crippen LogP contribution in [0.25, 0.3) is 10.9 Å². The van der Waals surface area contributed by atoms with Crippen LogP contribution in [-0.2, 0) is 13.1 Å². The van der Waals surface area contributed by atoms with E-state index in [1.54, 1.807) is 7.11 Å². The van der Waals surface area contributed by atoms with E-state index < -0.39 is 0 Å². The Morgan fingerprint density at radius 3 is 3.00 bits per heavy atom. The van der Waals surface area contributed by atoms with E-state index in [9.17, 15) is 4.79 Å². The van der Waals surface area contributed by atoms with Gasteiger partial charge in [0.15, 0.2) is 6.29 Å². The van der Waals surface area contributed by atoms with Crippen molar-refractivity contribution in [2.75, 3.05) is 13.7 Å². The maximum Gasteiger partial charge on any atom is 0.152 e. The molecule has 1 aromatic heterocycles. The minimum atomic E-state index is 0.741. The number of aromatic nitrogens is 1. The van der Waals surface area contributed by atoms with Gasteiger partial charge in [-0.05, 0) is 18.6 Å². The number of hydrogen-bond donors (Lipinski definition) is 1. The standard InChI is InChI=1S/C14H16N2O2/c1-9-3-4-12(18-2)14-13(9)10(8-17)11-7-15-5-6-16(11)14/h3-4,8,15H,5-7H2,1-2H3. The van der Waals surface area contributed by atoms with E-state index in [0.717, 1.165) is 59.4 Å². The third-order valence-corrected chi connectivity index (χ3v) is 3.67. The van der Waals surface area contributed by atoms with Crippen LogP contribution in [0.1, 0.15) is 21.6 Å². The first-order valence-corrected chi connectivity index (χ1v) is 6.12. The fraction of sp³-hybridized carbons (Fsp3) is 0.357. The molecule has 0 unspecified atom stereocenters. The summed E-state index contributed by atoms with van der Waals surface area (Å²) in [4.78, 5) is 11.4. The van der Waals surface area contributed by atoms with Gasteiger partial charge in [0.25, 0.3) is 0 Å². The minimum absolute atomic E-state index is 0.741. The van der Waals surface area contributed by atoms with E-state index in [4.69, 9.17) is 4.74 Å². The Bertz CT molecular complexity index is 628. The number of carbonyl (C=O) groups is 1. The number of carbonyl (C=O) groups excluding carboxylic acids is 1. The molecular formula is C14H16N2O2. The summed E-state index contributed by atoms with van der Waals surface area (Å²) < 4.78 is 7.66. The summed E-state index contributed by atoms with van der Waals surface area (Å²) >= 11 is 0. The largest absolute Gasteiger partial charge is 0.495 e. The van der Waals surface area contributed by atoms with Gasteiger partial charge in [0, 0.05) is 36.3 Å². The van der Waals surface area contributed by atoms with Gasteiger partial charge in [-0.3, -0.25) is 4.79 Å². The van der Waals surface area contributed by atoms with Gasteiger partial charge in [-0.2, -0.15) is 0 Å². The first-order chi connectivity index (χ1) is 8.77. The van der Waals surface area contributed by atoms with Gasteiger partial charge in [0.1, 0.15) is 5.75 Å². The van der Waals surface area contributed by atoms with Gasteiger partial charge in [0.2, 0.25) is 0 Å². The van der Waals surface area contributed by atoms with Crippen LogP contribution >= 0.6 is 0 Å². The number of aldehydes is 1. The van der Waals surface area contributed by atoms with Crippen LogP contribution in [0, 0.1) is 6.92 Å². The van der Waals surface area contributed by atoms with E-state index >= 15 is 0 Å². The van der Waals surface area contributed by atoms with Crippen molar-refractivity contribution in [2.24, 2.45) is 0 Å². The molecule has 0 saturated carbocycles. The predicted octanol–water partition coefficient (Wildman–Crippen LogP) is 1.87. The second-order valence-electron chi connectivity index (χ2n) is 4.61. The molecule has 2 heterocycles. The van der Waals surface area contributed by atoms with Crippen molar-refractivity contribution in [3.05, 3.63) is 29.0 Å². The number of nitrogens with zero attached hydrogens (tertiary/aromatic N) is 1. The zero-order chi connectivity index (χ0) is 12.7. The molecule has 4 heteroatoms. The van der Waals surface area contributed by atoms with Crippen molar-refractivity contribution in [3.63, 3.8) is 0 Å². The number of nitrogens with one attached hydrogen (secondary N) is 1. The first-order valence-electron chi connectivity index (χ1n) is 6.12. The summed E-state index contributed by atoms with van der Waals surface area (Å²) in [5, 5.41) is 4.34. The van der Waals surface area contributed by atoms with E-state index in [1.807, 2.05) is 19.1 Å². The average molecular weight is 244 g/mol. The maximum absolute atomic E-state index is 11.4. The molecule has 0 bridgehead atoms. The number of hydrogen-bond acceptors (Lipinski definition) is 3. The topological polar surface area (TPSA) is 43.3 Å². The Morgan fingerprint density at radius 1 is 1.44 bits per heavy atom. The van der Waals surface area contributed by atoms with Gasteiger partial charge in [-0.1, -0.05) is 6.07 Å². The Kier molecular flexibility index (Phi) is 2.59. The molecule has 3 rings (SSSR count). The Hall–Kier alpha value is -1.81. The molecule has 0 spiro atoms. The molecule has 1 aromatic carbocycles. The second kappa shape index (κ2) is 4.14. The highest BCUT2D eigenvalue weighted by Gasteiger charge is 2.22. The van der Waals surface area contributed by atoms with E-state index in [-0.39, 0.29) is 0 Å². The van der Waals surface area contributed by atoms with Crippen molar-refractivity contribution < 1.29 is 9.53 Å². The van der Waals surface area contributed by atoms with Gasteiger partial charge in [0.05, 0.1) is 12.6 Å². The summed E-state index contributed by atoms with van der Waals surface area (Å²) in [6.07, 6.45) is 0.966. The molecule has 0 amide bonds. The Balaban J connectivity index is 2.48. The Morgan fingerprint density at radius 2 is 2.28 bits per heavy atom. The molecule has 0 fully saturated rings. The highest BCUT2D eigenvalue weighted by molar-refractivity contribution is 6.03. The molecule has 18 heavy (non-hydrogen) atoms. The molecule has 2 aromatic rings. The van der Waals surface area contributed by atoms with Crippen LogP contribution in [-0.4, -0.2) is 24.5 Å². The Labute approximate surface area is 106 Å². The number of methoxy groups -OCH3 is 1. The fourth-order valence-electron chi connectivity index (χ4n) is 2.83. The number of benzene rings is 1. The third-order valence-electron chi connectivity index (χ3n) is 3.67. The summed E-state index contributed by atoms with van der Waals surface area (Å²) in [6.45, 7) is 4.57. The van der Waals surface area contributed by atoms with Crippen molar-refractivity contribution >= 4 is 17.2 Å². The lowest BCUT2D eigenvalue weighted by Gasteiger charge is -2.18. The zero-order valence-electron chi connectivity index (χ0n) is 10.6. The van der Waals surface area contributed by atoms with Gasteiger partial charge >= 0.3 is 0 Å². The van der Waals surface area contributed by atoms with Crippen molar-refractivity contribution in [1.29, 1.82) is 0 Å². The molecular weight excluding hydrogens is 228 g/mol. The molecule has 1 aliphatic heterocycles. The monoisotopic (exact) mass is 244 g/mol. The van der Waals surface area contributed by atoms with E-state index in [1.165, 1.54) is 0 Å². The van der Waals surface area contributed by atoms with Crippen molar-refractivity contribution in [2.45, 2.75) is 20.0 Å². The highest BCUT2D eigenvalue weighted by Crippen LogP contribution is 2.35. The van der Waals surface area contributed by atoms with Crippen LogP contribution < -0.4 is 10.1 Å². The molecule has 1 N–H and O–H groups in total. The smallest absolute Gasteiger partial charge is 0.152 e. The average Bonchev–Trinajstić information content (AvgIpc) is 2.75. The zero-order valence-corrected chi connectivity index (χ0v) is 10.6. The molecule has 4 nitrogen and oxygen atoms in total. The van der Waals surface area contributed by atoms with E-state index in [2.05, 4.69) is 9.88 Å². The van der Waals surface area contributed by atoms with Gasteiger partial charge < -0.3 is 14.6 Å². The highest BCUT2D eigenvalue weighted by atomic mass is 16.5. The first kappa shape index (κ1) is 11.3. The number of ether oxygens (including phenoxy) is 1. The summed E-state index contributed by atoms with van der Waals surface area (Å²) in [5.41, 5.74) is 4.04. The predicted molar refractivity (Wildman–Crippen MR) is 70.3 cm³/mol. The lowest BCUT2D eigenvalue weighted by molar-refractivity contribution is 0.112. The minimum Gasteiger partial charge on any atom is -0.495 e. The van der Waals surface area contributed by atoms with Gasteiger partial charge in [-0.15, -0.1) is 0 Å². The van der Waals surface area contributed by atoms with Crippen molar-refractivity contribution in [3.8, 4) is 5.75 Å². The van der Waals surface area contributed by atoms with Crippen LogP contribution in [0.15, 0.2) is 12.1 Å². The summed E-state index contributed by atoms with van der Waals surface area (Å²) in [7, 11) is 1.67. The quantitative estimate of drug-likeness (QED) is 0.820. The van der Waals surface area contributed by atoms with Crippen LogP contribution in [0.5, 0.6) is 5.75 Å². The van der Waals surface area contributed by atoms with Crippen LogP contribution in [0.2, 0.25) is 0 Å². The van der Waals surface area contributed by atoms with E-state index in [0.29, 0.717) is 0 Å². The summed E-state index contributed by atoms with van der Waals surface area (Å²) in [5.74, 6) is 0.840. The molecule has 94 valence electrons. The molecule has 0 aliphatic carbocycles. The lowest BCUT2D eigenvalue weighted by Crippen LogP contribution is -2.28. The van der Waals surface area contributed by atoms with Crippen molar-refractivity contribution in [1.82, 2.24) is 9.88 Å².